The average molecular weight is 328 g/mol. The van der Waals surface area contributed by atoms with Crippen LogP contribution in [-0.2, 0) is 6.61 Å². The minimum absolute atomic E-state index is 0.0340. The second-order valence-electron chi connectivity index (χ2n) is 4.61. The Morgan fingerprint density at radius 3 is 2.75 bits per heavy atom. The van der Waals surface area contributed by atoms with Crippen LogP contribution in [0.3, 0.4) is 0 Å². The Morgan fingerprint density at radius 1 is 1.25 bits per heavy atom. The van der Waals surface area contributed by atoms with Gasteiger partial charge in [-0.25, -0.2) is 0 Å². The maximum Gasteiger partial charge on any atom is 0.406 e. The molecule has 2 aromatic heterocycles. The van der Waals surface area contributed by atoms with E-state index < -0.39 is 4.92 Å². The summed E-state index contributed by atoms with van der Waals surface area (Å²) < 4.78 is 15.5. The summed E-state index contributed by atoms with van der Waals surface area (Å²) in [5, 5.41) is 14.7. The topological polar surface area (TPSA) is 113 Å². The standard InChI is InChI=1S/C15H12N4O5/c1-22-11-6-4-10(5-7-11)14-17-13(24-18-14)9-23-12-3-2-8-16-15(12)19(20)21/h2-8H,9H2,1H3. The molecule has 3 aromatic rings. The average Bonchev–Trinajstić information content (AvgIpc) is 3.09. The number of pyridine rings is 1. The molecule has 0 spiro atoms. The Labute approximate surface area is 136 Å². The lowest BCUT2D eigenvalue weighted by Crippen LogP contribution is -2.00. The lowest BCUT2D eigenvalue weighted by molar-refractivity contribution is -0.390. The van der Waals surface area contributed by atoms with Crippen molar-refractivity contribution >= 4 is 5.82 Å². The van der Waals surface area contributed by atoms with Gasteiger partial charge in [0.25, 0.3) is 5.89 Å². The highest BCUT2D eigenvalue weighted by Crippen LogP contribution is 2.24. The summed E-state index contributed by atoms with van der Waals surface area (Å²) in [5.74, 6) is 0.963. The number of aromatic nitrogens is 3. The zero-order valence-electron chi connectivity index (χ0n) is 12.6. The minimum atomic E-state index is -0.619. The lowest BCUT2D eigenvalue weighted by Gasteiger charge is -2.02. The zero-order chi connectivity index (χ0) is 16.9. The molecule has 0 bridgehead atoms. The van der Waals surface area contributed by atoms with Crippen molar-refractivity contribution < 1.29 is 18.9 Å². The summed E-state index contributed by atoms with van der Waals surface area (Å²) >= 11 is 0. The van der Waals surface area contributed by atoms with Gasteiger partial charge in [-0.15, -0.1) is 0 Å². The summed E-state index contributed by atoms with van der Waals surface area (Å²) in [5.41, 5.74) is 0.748. The van der Waals surface area contributed by atoms with Crippen molar-refractivity contribution in [3.8, 4) is 22.9 Å². The van der Waals surface area contributed by atoms with Gasteiger partial charge in [-0.3, -0.25) is 0 Å². The fraction of sp³-hybridized carbons (Fsp3) is 0.133. The molecular weight excluding hydrogens is 316 g/mol. The molecule has 1 aromatic carbocycles. The molecule has 0 aliphatic rings. The SMILES string of the molecule is COc1ccc(-c2noc(COc3cccnc3[N+](=O)[O-])n2)cc1. The third kappa shape index (κ3) is 3.29. The van der Waals surface area contributed by atoms with Crippen LogP contribution < -0.4 is 9.47 Å². The first-order chi connectivity index (χ1) is 11.7. The number of hydrogen-bond acceptors (Lipinski definition) is 8. The second-order valence-corrected chi connectivity index (χ2v) is 4.61. The fourth-order valence-electron chi connectivity index (χ4n) is 1.94. The van der Waals surface area contributed by atoms with Gasteiger partial charge in [0.2, 0.25) is 11.6 Å². The second kappa shape index (κ2) is 6.73. The van der Waals surface area contributed by atoms with Crippen molar-refractivity contribution in [1.29, 1.82) is 0 Å². The van der Waals surface area contributed by atoms with Crippen LogP contribution in [0.5, 0.6) is 11.5 Å². The van der Waals surface area contributed by atoms with E-state index in [-0.39, 0.29) is 24.1 Å². The van der Waals surface area contributed by atoms with Crippen LogP contribution in [0.25, 0.3) is 11.4 Å². The number of hydrogen-bond donors (Lipinski definition) is 0. The molecule has 0 aliphatic carbocycles. The van der Waals surface area contributed by atoms with Gasteiger partial charge in [0.1, 0.15) is 11.9 Å². The summed E-state index contributed by atoms with van der Waals surface area (Å²) in [4.78, 5) is 18.1. The molecule has 9 nitrogen and oxygen atoms in total. The van der Waals surface area contributed by atoms with E-state index in [1.165, 1.54) is 12.3 Å². The number of nitro groups is 1. The van der Waals surface area contributed by atoms with Crippen molar-refractivity contribution in [1.82, 2.24) is 15.1 Å². The summed E-state index contributed by atoms with van der Waals surface area (Å²) in [7, 11) is 1.58. The smallest absolute Gasteiger partial charge is 0.406 e. The molecule has 3 rings (SSSR count). The molecule has 0 saturated heterocycles. The third-order valence-electron chi connectivity index (χ3n) is 3.09. The van der Waals surface area contributed by atoms with Crippen molar-refractivity contribution in [2.45, 2.75) is 6.61 Å². The molecule has 0 fully saturated rings. The number of nitrogens with zero attached hydrogens (tertiary/aromatic N) is 4. The van der Waals surface area contributed by atoms with E-state index in [1.54, 1.807) is 37.4 Å². The number of methoxy groups -OCH3 is 1. The number of rotatable bonds is 6. The maximum atomic E-state index is 10.9. The van der Waals surface area contributed by atoms with Crippen LogP contribution in [0.15, 0.2) is 47.1 Å². The third-order valence-corrected chi connectivity index (χ3v) is 3.09. The summed E-state index contributed by atoms with van der Waals surface area (Å²) in [6.45, 7) is -0.101. The largest absolute Gasteiger partial charge is 0.497 e. The Kier molecular flexibility index (Phi) is 4.32. The van der Waals surface area contributed by atoms with Gasteiger partial charge in [0, 0.05) is 5.56 Å². The molecule has 2 heterocycles. The summed E-state index contributed by atoms with van der Waals surface area (Å²) in [6.07, 6.45) is 1.32. The molecule has 0 atom stereocenters. The molecule has 0 radical (unpaired) electrons. The monoisotopic (exact) mass is 328 g/mol. The van der Waals surface area contributed by atoms with Crippen molar-refractivity contribution in [2.75, 3.05) is 7.11 Å². The first-order valence-electron chi connectivity index (χ1n) is 6.86. The zero-order valence-corrected chi connectivity index (χ0v) is 12.6. The van der Waals surface area contributed by atoms with E-state index in [9.17, 15) is 10.1 Å². The highest BCUT2D eigenvalue weighted by atomic mass is 16.6. The van der Waals surface area contributed by atoms with Crippen LogP contribution in [0.4, 0.5) is 5.82 Å². The van der Waals surface area contributed by atoms with Gasteiger partial charge in [0.15, 0.2) is 6.61 Å². The van der Waals surface area contributed by atoms with E-state index in [0.717, 1.165) is 11.3 Å². The minimum Gasteiger partial charge on any atom is -0.497 e. The van der Waals surface area contributed by atoms with Gasteiger partial charge in [0.05, 0.1) is 7.11 Å². The van der Waals surface area contributed by atoms with Crippen LogP contribution in [0, 0.1) is 10.1 Å². The van der Waals surface area contributed by atoms with Crippen molar-refractivity contribution in [2.24, 2.45) is 0 Å². The molecule has 24 heavy (non-hydrogen) atoms. The maximum absolute atomic E-state index is 10.9. The molecule has 122 valence electrons. The number of benzene rings is 1. The van der Waals surface area contributed by atoms with E-state index in [2.05, 4.69) is 15.1 Å². The highest BCUT2D eigenvalue weighted by molar-refractivity contribution is 5.55. The van der Waals surface area contributed by atoms with Crippen LogP contribution in [0.2, 0.25) is 0 Å². The quantitative estimate of drug-likeness (QED) is 0.501. The first kappa shape index (κ1) is 15.4. The van der Waals surface area contributed by atoms with Gasteiger partial charge in [-0.1, -0.05) is 5.16 Å². The molecule has 9 heteroatoms. The Morgan fingerprint density at radius 2 is 2.04 bits per heavy atom. The Balaban J connectivity index is 1.71. The number of ether oxygens (including phenoxy) is 2. The lowest BCUT2D eigenvalue weighted by atomic mass is 10.2. The molecule has 0 saturated carbocycles. The van der Waals surface area contributed by atoms with Gasteiger partial charge < -0.3 is 24.1 Å². The first-order valence-corrected chi connectivity index (χ1v) is 6.86. The van der Waals surface area contributed by atoms with Crippen LogP contribution >= 0.6 is 0 Å². The van der Waals surface area contributed by atoms with Crippen LogP contribution in [0.1, 0.15) is 5.89 Å². The Hall–Kier alpha value is -3.49. The predicted octanol–water partition coefficient (Wildman–Crippen LogP) is 2.63. The van der Waals surface area contributed by atoms with E-state index >= 15 is 0 Å². The van der Waals surface area contributed by atoms with Crippen molar-refractivity contribution in [3.63, 3.8) is 0 Å². The van der Waals surface area contributed by atoms with Crippen molar-refractivity contribution in [3.05, 3.63) is 58.6 Å². The molecule has 0 N–H and O–H groups in total. The Bertz CT molecular complexity index is 847. The summed E-state index contributed by atoms with van der Waals surface area (Å²) in [6, 6.07) is 10.1. The molecular formula is C15H12N4O5. The molecule has 0 unspecified atom stereocenters. The van der Waals surface area contributed by atoms with Gasteiger partial charge in [-0.2, -0.15) is 4.98 Å². The van der Waals surface area contributed by atoms with E-state index in [0.29, 0.717) is 5.82 Å². The van der Waals surface area contributed by atoms with E-state index in [1.807, 2.05) is 0 Å². The molecule has 0 amide bonds. The fourth-order valence-corrected chi connectivity index (χ4v) is 1.94. The predicted molar refractivity (Wildman–Crippen MR) is 81.5 cm³/mol. The highest BCUT2D eigenvalue weighted by Gasteiger charge is 2.17. The van der Waals surface area contributed by atoms with Gasteiger partial charge >= 0.3 is 5.82 Å². The van der Waals surface area contributed by atoms with Gasteiger partial charge in [-0.05, 0) is 46.3 Å². The van der Waals surface area contributed by atoms with E-state index in [4.69, 9.17) is 14.0 Å². The normalized spacial score (nSPS) is 10.4. The molecule has 0 aliphatic heterocycles. The van der Waals surface area contributed by atoms with Crippen LogP contribution in [-0.4, -0.2) is 27.2 Å².